The Kier molecular flexibility index (Phi) is 2.73. The van der Waals surface area contributed by atoms with Crippen LogP contribution in [-0.4, -0.2) is 9.97 Å². The Balaban J connectivity index is 2.60. The molecular weight excluding hydrogens is 221 g/mol. The van der Waals surface area contributed by atoms with Crippen LogP contribution in [-0.2, 0) is 19.0 Å². The highest BCUT2D eigenvalue weighted by Crippen LogP contribution is 2.32. The van der Waals surface area contributed by atoms with Gasteiger partial charge in [-0.25, -0.2) is 4.79 Å². The first-order valence-electron chi connectivity index (χ1n) is 5.18. The molecule has 1 aromatic rings. The molecule has 0 amide bonds. The minimum atomic E-state index is -4.54. The highest BCUT2D eigenvalue weighted by Gasteiger charge is 2.37. The lowest BCUT2D eigenvalue weighted by atomic mass is 10.1. The van der Waals surface area contributed by atoms with Crippen LogP contribution in [0.2, 0.25) is 0 Å². The zero-order chi connectivity index (χ0) is 11.8. The van der Waals surface area contributed by atoms with Gasteiger partial charge in [0.25, 0.3) is 0 Å². The molecule has 88 valence electrons. The third-order valence-electron chi connectivity index (χ3n) is 2.74. The fourth-order valence-electron chi connectivity index (χ4n) is 2.04. The monoisotopic (exact) mass is 232 g/mol. The topological polar surface area (TPSA) is 45.8 Å². The van der Waals surface area contributed by atoms with Crippen LogP contribution in [0.3, 0.4) is 0 Å². The average molecular weight is 232 g/mol. The molecule has 1 N–H and O–H groups in total. The van der Waals surface area contributed by atoms with Gasteiger partial charge in [-0.15, -0.1) is 0 Å². The highest BCUT2D eigenvalue weighted by atomic mass is 19.4. The van der Waals surface area contributed by atoms with E-state index in [9.17, 15) is 18.0 Å². The van der Waals surface area contributed by atoms with Gasteiger partial charge in [0.1, 0.15) is 0 Å². The molecule has 0 fully saturated rings. The van der Waals surface area contributed by atoms with E-state index < -0.39 is 17.6 Å². The predicted octanol–water partition coefficient (Wildman–Crippen LogP) is 2.06. The fraction of sp³-hybridized carbons (Fsp3) is 0.600. The summed E-state index contributed by atoms with van der Waals surface area (Å²) in [5, 5.41) is 0. The maximum Gasteiger partial charge on any atom is 0.433 e. The van der Waals surface area contributed by atoms with Gasteiger partial charge in [0, 0.05) is 11.3 Å². The summed E-state index contributed by atoms with van der Waals surface area (Å²) in [5.41, 5.74) is -1.34. The third-order valence-corrected chi connectivity index (χ3v) is 2.74. The number of hydrogen-bond donors (Lipinski definition) is 1. The first-order valence-corrected chi connectivity index (χ1v) is 5.18. The lowest BCUT2D eigenvalue weighted by Crippen LogP contribution is -2.24. The molecule has 1 aliphatic rings. The van der Waals surface area contributed by atoms with Gasteiger partial charge in [-0.1, -0.05) is 6.42 Å². The number of nitrogens with zero attached hydrogens (tertiary/aromatic N) is 1. The zero-order valence-electron chi connectivity index (χ0n) is 8.52. The fourth-order valence-corrected chi connectivity index (χ4v) is 2.04. The van der Waals surface area contributed by atoms with E-state index in [1.54, 1.807) is 0 Å². The van der Waals surface area contributed by atoms with Crippen LogP contribution in [0.1, 0.15) is 36.2 Å². The molecule has 0 spiro atoms. The SMILES string of the molecule is O=c1nc(C(F)(F)F)c2c([nH]1)CCCCC2. The molecule has 0 atom stereocenters. The number of alkyl halides is 3. The van der Waals surface area contributed by atoms with Crippen LogP contribution in [0.25, 0.3) is 0 Å². The van der Waals surface area contributed by atoms with E-state index in [4.69, 9.17) is 0 Å². The lowest BCUT2D eigenvalue weighted by Gasteiger charge is -2.12. The van der Waals surface area contributed by atoms with Crippen LogP contribution in [0.5, 0.6) is 0 Å². The van der Waals surface area contributed by atoms with Crippen molar-refractivity contribution < 1.29 is 13.2 Å². The molecule has 0 unspecified atom stereocenters. The highest BCUT2D eigenvalue weighted by molar-refractivity contribution is 5.28. The number of nitrogens with one attached hydrogen (secondary N) is 1. The van der Waals surface area contributed by atoms with Gasteiger partial charge < -0.3 is 4.98 Å². The summed E-state index contributed by atoms with van der Waals surface area (Å²) in [6, 6.07) is 0. The van der Waals surface area contributed by atoms with Crippen molar-refractivity contribution >= 4 is 0 Å². The Morgan fingerprint density at radius 2 is 1.81 bits per heavy atom. The molecule has 2 rings (SSSR count). The molecule has 1 aliphatic carbocycles. The summed E-state index contributed by atoms with van der Waals surface area (Å²) < 4.78 is 38.0. The van der Waals surface area contributed by atoms with Crippen molar-refractivity contribution in [1.29, 1.82) is 0 Å². The number of hydrogen-bond acceptors (Lipinski definition) is 2. The summed E-state index contributed by atoms with van der Waals surface area (Å²) in [6.45, 7) is 0. The largest absolute Gasteiger partial charge is 0.433 e. The number of aromatic nitrogens is 2. The molecule has 1 aromatic heterocycles. The van der Waals surface area contributed by atoms with Gasteiger partial charge >= 0.3 is 11.9 Å². The number of fused-ring (bicyclic) bond motifs is 1. The second kappa shape index (κ2) is 3.92. The van der Waals surface area contributed by atoms with E-state index in [1.165, 1.54) is 0 Å². The normalized spacial score (nSPS) is 16.7. The predicted molar refractivity (Wildman–Crippen MR) is 51.1 cm³/mol. The summed E-state index contributed by atoms with van der Waals surface area (Å²) >= 11 is 0. The molecule has 0 aliphatic heterocycles. The van der Waals surface area contributed by atoms with E-state index in [-0.39, 0.29) is 5.56 Å². The first-order chi connectivity index (χ1) is 7.48. The Morgan fingerprint density at radius 1 is 1.12 bits per heavy atom. The molecule has 0 bridgehead atoms. The molecule has 1 heterocycles. The van der Waals surface area contributed by atoms with Crippen molar-refractivity contribution in [1.82, 2.24) is 9.97 Å². The minimum Gasteiger partial charge on any atom is -0.310 e. The second-order valence-electron chi connectivity index (χ2n) is 3.91. The Morgan fingerprint density at radius 3 is 2.50 bits per heavy atom. The van der Waals surface area contributed by atoms with Crippen LogP contribution in [0, 0.1) is 0 Å². The van der Waals surface area contributed by atoms with Crippen molar-refractivity contribution in [3.05, 3.63) is 27.4 Å². The molecular formula is C10H11F3N2O. The smallest absolute Gasteiger partial charge is 0.310 e. The van der Waals surface area contributed by atoms with Crippen molar-refractivity contribution in [3.8, 4) is 0 Å². The van der Waals surface area contributed by atoms with Crippen molar-refractivity contribution in [2.75, 3.05) is 0 Å². The standard InChI is InChI=1S/C10H11F3N2O/c11-10(12,13)8-6-4-2-1-3-5-7(6)14-9(16)15-8/h1-5H2,(H,14,15,16). The van der Waals surface area contributed by atoms with Gasteiger partial charge in [-0.05, 0) is 25.7 Å². The van der Waals surface area contributed by atoms with Gasteiger partial charge in [0.15, 0.2) is 5.69 Å². The summed E-state index contributed by atoms with van der Waals surface area (Å²) in [5.74, 6) is 0. The Bertz CT molecular complexity index is 450. The molecule has 6 heteroatoms. The van der Waals surface area contributed by atoms with Crippen molar-refractivity contribution in [3.63, 3.8) is 0 Å². The average Bonchev–Trinajstić information content (AvgIpc) is 2.39. The molecule has 0 saturated heterocycles. The maximum atomic E-state index is 12.7. The first kappa shape index (κ1) is 11.2. The number of rotatable bonds is 0. The maximum absolute atomic E-state index is 12.7. The number of halogens is 3. The van der Waals surface area contributed by atoms with Gasteiger partial charge in [0.05, 0.1) is 0 Å². The van der Waals surface area contributed by atoms with Crippen molar-refractivity contribution in [2.24, 2.45) is 0 Å². The lowest BCUT2D eigenvalue weighted by molar-refractivity contribution is -0.142. The van der Waals surface area contributed by atoms with Gasteiger partial charge in [0.2, 0.25) is 0 Å². The quantitative estimate of drug-likeness (QED) is 0.696. The van der Waals surface area contributed by atoms with E-state index in [0.29, 0.717) is 25.0 Å². The van der Waals surface area contributed by atoms with E-state index in [2.05, 4.69) is 9.97 Å². The van der Waals surface area contributed by atoms with Crippen LogP contribution >= 0.6 is 0 Å². The Labute approximate surface area is 89.7 Å². The minimum absolute atomic E-state index is 0.171. The number of H-pyrrole nitrogens is 1. The van der Waals surface area contributed by atoms with Gasteiger partial charge in [-0.2, -0.15) is 18.2 Å². The number of aryl methyl sites for hydroxylation is 1. The molecule has 16 heavy (non-hydrogen) atoms. The molecule has 0 radical (unpaired) electrons. The second-order valence-corrected chi connectivity index (χ2v) is 3.91. The summed E-state index contributed by atoms with van der Waals surface area (Å²) in [7, 11) is 0. The van der Waals surface area contributed by atoms with E-state index in [1.807, 2.05) is 0 Å². The molecule has 0 saturated carbocycles. The van der Waals surface area contributed by atoms with Gasteiger partial charge in [-0.3, -0.25) is 0 Å². The number of aromatic amines is 1. The van der Waals surface area contributed by atoms with Crippen LogP contribution in [0.15, 0.2) is 4.79 Å². The third kappa shape index (κ3) is 2.10. The summed E-state index contributed by atoms with van der Waals surface area (Å²) in [4.78, 5) is 16.5. The van der Waals surface area contributed by atoms with E-state index >= 15 is 0 Å². The zero-order valence-corrected chi connectivity index (χ0v) is 8.52. The van der Waals surface area contributed by atoms with Crippen LogP contribution < -0.4 is 5.69 Å². The van der Waals surface area contributed by atoms with Crippen LogP contribution in [0.4, 0.5) is 13.2 Å². The van der Waals surface area contributed by atoms with Crippen molar-refractivity contribution in [2.45, 2.75) is 38.3 Å². The Hall–Kier alpha value is -1.33. The van der Waals surface area contributed by atoms with E-state index in [0.717, 1.165) is 12.8 Å². The molecule has 3 nitrogen and oxygen atoms in total. The summed E-state index contributed by atoms with van der Waals surface area (Å²) in [6.07, 6.45) is -1.30. The molecule has 0 aromatic carbocycles.